The fourth-order valence-corrected chi connectivity index (χ4v) is 2.68. The molecule has 0 aromatic heterocycles. The van der Waals surface area contributed by atoms with E-state index in [0.29, 0.717) is 5.92 Å². The highest BCUT2D eigenvalue weighted by atomic mass is 16.5. The van der Waals surface area contributed by atoms with Gasteiger partial charge in [-0.3, -0.25) is 0 Å². The minimum atomic E-state index is 0.221. The molecule has 0 N–H and O–H groups in total. The van der Waals surface area contributed by atoms with Crippen molar-refractivity contribution in [1.29, 1.82) is 0 Å². The highest BCUT2D eigenvalue weighted by Gasteiger charge is 2.34. The maximum absolute atomic E-state index is 5.31. The normalized spacial score (nSPS) is 22.8. The Balaban J connectivity index is 2.51. The molecule has 0 radical (unpaired) electrons. The average Bonchev–Trinajstić information content (AvgIpc) is 2.25. The van der Waals surface area contributed by atoms with Crippen molar-refractivity contribution in [3.8, 4) is 5.75 Å². The Labute approximate surface area is 98.2 Å². The number of nitrogens with zero attached hydrogens (tertiary/aromatic N) is 1. The van der Waals surface area contributed by atoms with Crippen LogP contribution in [0.2, 0.25) is 0 Å². The summed E-state index contributed by atoms with van der Waals surface area (Å²) in [6.07, 6.45) is 1.20. The first-order chi connectivity index (χ1) is 7.45. The maximum Gasteiger partial charge on any atom is 0.120 e. The monoisotopic (exact) mass is 219 g/mol. The fourth-order valence-electron chi connectivity index (χ4n) is 2.68. The van der Waals surface area contributed by atoms with Crippen molar-refractivity contribution in [1.82, 2.24) is 0 Å². The molecule has 1 aromatic rings. The highest BCUT2D eigenvalue weighted by Crippen LogP contribution is 2.43. The Morgan fingerprint density at radius 1 is 1.38 bits per heavy atom. The molecule has 0 saturated carbocycles. The average molecular weight is 219 g/mol. The number of fused-ring (bicyclic) bond motifs is 1. The maximum atomic E-state index is 5.31. The third-order valence-corrected chi connectivity index (χ3v) is 3.84. The van der Waals surface area contributed by atoms with Gasteiger partial charge in [0.1, 0.15) is 5.75 Å². The lowest BCUT2D eigenvalue weighted by Gasteiger charge is -2.45. The van der Waals surface area contributed by atoms with Gasteiger partial charge in [-0.15, -0.1) is 0 Å². The number of hydrogen-bond donors (Lipinski definition) is 0. The fraction of sp³-hybridized carbons (Fsp3) is 0.571. The van der Waals surface area contributed by atoms with Crippen molar-refractivity contribution in [2.75, 3.05) is 19.1 Å². The molecule has 0 fully saturated rings. The molecule has 0 amide bonds. The minimum Gasteiger partial charge on any atom is -0.497 e. The summed E-state index contributed by atoms with van der Waals surface area (Å²) in [4.78, 5) is 2.37. The van der Waals surface area contributed by atoms with Crippen LogP contribution < -0.4 is 9.64 Å². The molecule has 1 aromatic carbocycles. The van der Waals surface area contributed by atoms with Crippen LogP contribution in [0.4, 0.5) is 5.69 Å². The predicted molar refractivity (Wildman–Crippen MR) is 68.5 cm³/mol. The quantitative estimate of drug-likeness (QED) is 0.717. The molecular weight excluding hydrogens is 198 g/mol. The van der Waals surface area contributed by atoms with Crippen molar-refractivity contribution in [3.63, 3.8) is 0 Å². The van der Waals surface area contributed by atoms with Gasteiger partial charge >= 0.3 is 0 Å². The molecule has 1 heterocycles. The Morgan fingerprint density at radius 3 is 2.69 bits per heavy atom. The first-order valence-corrected chi connectivity index (χ1v) is 5.87. The van der Waals surface area contributed by atoms with Crippen molar-refractivity contribution in [2.24, 2.45) is 0 Å². The lowest BCUT2D eigenvalue weighted by atomic mass is 9.80. The number of methoxy groups -OCH3 is 1. The molecule has 1 aliphatic rings. The molecule has 1 aliphatic heterocycles. The third kappa shape index (κ3) is 1.66. The first kappa shape index (κ1) is 11.3. The Hall–Kier alpha value is -1.18. The van der Waals surface area contributed by atoms with Crippen LogP contribution in [0, 0.1) is 0 Å². The summed E-state index contributed by atoms with van der Waals surface area (Å²) in [6.45, 7) is 6.90. The lowest BCUT2D eigenvalue weighted by molar-refractivity contribution is 0.389. The van der Waals surface area contributed by atoms with Gasteiger partial charge in [-0.25, -0.2) is 0 Å². The number of anilines is 1. The lowest BCUT2D eigenvalue weighted by Crippen LogP contribution is -2.45. The van der Waals surface area contributed by atoms with E-state index in [1.807, 2.05) is 0 Å². The first-order valence-electron chi connectivity index (χ1n) is 5.87. The van der Waals surface area contributed by atoms with Gasteiger partial charge in [-0.2, -0.15) is 0 Å². The van der Waals surface area contributed by atoms with E-state index in [1.165, 1.54) is 17.7 Å². The summed E-state index contributed by atoms with van der Waals surface area (Å²) in [5.41, 5.74) is 2.96. The molecule has 88 valence electrons. The standard InChI is InChI=1S/C14H21NO/c1-10-9-14(2,3)15(4)13-8-11(16-5)6-7-12(10)13/h6-8,10H,9H2,1-5H3/t10-/m1/s1. The third-order valence-electron chi connectivity index (χ3n) is 3.84. The Bertz CT molecular complexity index is 398. The molecule has 1 atom stereocenters. The van der Waals surface area contributed by atoms with Crippen LogP contribution in [0.25, 0.3) is 0 Å². The number of ether oxygens (including phenoxy) is 1. The molecule has 16 heavy (non-hydrogen) atoms. The molecule has 0 unspecified atom stereocenters. The van der Waals surface area contributed by atoms with E-state index >= 15 is 0 Å². The predicted octanol–water partition coefficient (Wildman–Crippen LogP) is 3.42. The van der Waals surface area contributed by atoms with Crippen molar-refractivity contribution >= 4 is 5.69 Å². The summed E-state index contributed by atoms with van der Waals surface area (Å²) < 4.78 is 5.31. The molecule has 0 saturated heterocycles. The zero-order chi connectivity index (χ0) is 11.9. The zero-order valence-electron chi connectivity index (χ0n) is 10.9. The van der Waals surface area contributed by atoms with Crippen LogP contribution in [-0.4, -0.2) is 19.7 Å². The van der Waals surface area contributed by atoms with Crippen LogP contribution in [-0.2, 0) is 0 Å². The van der Waals surface area contributed by atoms with E-state index in [2.05, 4.69) is 50.9 Å². The van der Waals surface area contributed by atoms with Gasteiger partial charge < -0.3 is 9.64 Å². The van der Waals surface area contributed by atoms with E-state index < -0.39 is 0 Å². The summed E-state index contributed by atoms with van der Waals surface area (Å²) >= 11 is 0. The van der Waals surface area contributed by atoms with E-state index in [1.54, 1.807) is 7.11 Å². The Morgan fingerprint density at radius 2 is 2.06 bits per heavy atom. The van der Waals surface area contributed by atoms with Crippen LogP contribution in [0.5, 0.6) is 5.75 Å². The van der Waals surface area contributed by atoms with Crippen LogP contribution >= 0.6 is 0 Å². The van der Waals surface area contributed by atoms with Crippen molar-refractivity contribution in [2.45, 2.75) is 38.6 Å². The van der Waals surface area contributed by atoms with E-state index in [0.717, 1.165) is 5.75 Å². The molecular formula is C14H21NO. The molecule has 2 nitrogen and oxygen atoms in total. The second kappa shape index (κ2) is 3.69. The highest BCUT2D eigenvalue weighted by molar-refractivity contribution is 5.61. The number of benzene rings is 1. The molecule has 0 bridgehead atoms. The molecule has 2 heteroatoms. The van der Waals surface area contributed by atoms with E-state index in [-0.39, 0.29) is 5.54 Å². The minimum absolute atomic E-state index is 0.221. The van der Waals surface area contributed by atoms with Gasteiger partial charge in [0.15, 0.2) is 0 Å². The van der Waals surface area contributed by atoms with Crippen molar-refractivity contribution in [3.05, 3.63) is 23.8 Å². The molecule has 0 spiro atoms. The Kier molecular flexibility index (Phi) is 2.61. The largest absolute Gasteiger partial charge is 0.497 e. The SMILES string of the molecule is COc1ccc2c(c1)N(C)C(C)(C)C[C@H]2C. The zero-order valence-corrected chi connectivity index (χ0v) is 10.9. The molecule has 0 aliphatic carbocycles. The van der Waals surface area contributed by atoms with Gasteiger partial charge in [0.25, 0.3) is 0 Å². The topological polar surface area (TPSA) is 12.5 Å². The van der Waals surface area contributed by atoms with Gasteiger partial charge in [0, 0.05) is 24.3 Å². The van der Waals surface area contributed by atoms with Gasteiger partial charge in [0.05, 0.1) is 7.11 Å². The van der Waals surface area contributed by atoms with Gasteiger partial charge in [-0.1, -0.05) is 13.0 Å². The summed E-state index contributed by atoms with van der Waals surface area (Å²) in [7, 11) is 3.89. The van der Waals surface area contributed by atoms with E-state index in [4.69, 9.17) is 4.74 Å². The summed E-state index contributed by atoms with van der Waals surface area (Å²) in [5.74, 6) is 1.56. The van der Waals surface area contributed by atoms with Crippen molar-refractivity contribution < 1.29 is 4.74 Å². The second-order valence-electron chi connectivity index (χ2n) is 5.40. The summed E-state index contributed by atoms with van der Waals surface area (Å²) in [5, 5.41) is 0. The van der Waals surface area contributed by atoms with E-state index in [9.17, 15) is 0 Å². The summed E-state index contributed by atoms with van der Waals surface area (Å²) in [6, 6.07) is 6.40. The van der Waals surface area contributed by atoms with Gasteiger partial charge in [-0.05, 0) is 37.8 Å². The number of rotatable bonds is 1. The van der Waals surface area contributed by atoms with Crippen LogP contribution in [0.1, 0.15) is 38.7 Å². The van der Waals surface area contributed by atoms with Crippen LogP contribution in [0.3, 0.4) is 0 Å². The van der Waals surface area contributed by atoms with Gasteiger partial charge in [0.2, 0.25) is 0 Å². The number of hydrogen-bond acceptors (Lipinski definition) is 2. The smallest absolute Gasteiger partial charge is 0.120 e. The molecule has 2 rings (SSSR count). The van der Waals surface area contributed by atoms with Crippen LogP contribution in [0.15, 0.2) is 18.2 Å². The second-order valence-corrected chi connectivity index (χ2v) is 5.40.